The van der Waals surface area contributed by atoms with Gasteiger partial charge in [-0.15, -0.1) is 0 Å². The van der Waals surface area contributed by atoms with E-state index in [9.17, 15) is 9.59 Å². The molecule has 1 aromatic carbocycles. The molecule has 1 heterocycles. The number of benzene rings is 1. The molecule has 1 saturated carbocycles. The number of ether oxygens (including phenoxy) is 2. The minimum absolute atomic E-state index is 0.0231. The lowest BCUT2D eigenvalue weighted by Gasteiger charge is -2.37. The molecule has 6 nitrogen and oxygen atoms in total. The van der Waals surface area contributed by atoms with Crippen molar-refractivity contribution in [2.75, 3.05) is 39.4 Å². The quantitative estimate of drug-likeness (QED) is 0.628. The van der Waals surface area contributed by atoms with Gasteiger partial charge in [-0.3, -0.25) is 9.59 Å². The molecule has 0 atom stereocenters. The molecule has 29 heavy (non-hydrogen) atoms. The predicted molar refractivity (Wildman–Crippen MR) is 113 cm³/mol. The number of piperazine rings is 1. The van der Waals surface area contributed by atoms with Crippen LogP contribution in [-0.2, 0) is 9.59 Å². The van der Waals surface area contributed by atoms with Crippen LogP contribution in [0.1, 0.15) is 45.1 Å². The van der Waals surface area contributed by atoms with E-state index < -0.39 is 0 Å². The topological polar surface area (TPSA) is 59.1 Å². The Hall–Kier alpha value is -2.50. The second-order valence-electron chi connectivity index (χ2n) is 7.60. The first-order valence-electron chi connectivity index (χ1n) is 10.8. The van der Waals surface area contributed by atoms with Crippen LogP contribution in [0.2, 0.25) is 0 Å². The molecule has 0 aromatic heterocycles. The molecule has 158 valence electrons. The van der Waals surface area contributed by atoms with Crippen LogP contribution < -0.4 is 9.47 Å². The lowest BCUT2D eigenvalue weighted by molar-refractivity contribution is -0.142. The molecule has 1 aromatic rings. The van der Waals surface area contributed by atoms with Crippen molar-refractivity contribution in [2.24, 2.45) is 5.92 Å². The normalized spacial score (nSPS) is 17.3. The van der Waals surface area contributed by atoms with Crippen LogP contribution in [0.25, 0.3) is 6.08 Å². The fraction of sp³-hybridized carbons (Fsp3) is 0.565. The van der Waals surface area contributed by atoms with E-state index in [1.165, 1.54) is 0 Å². The highest BCUT2D eigenvalue weighted by molar-refractivity contribution is 5.92. The van der Waals surface area contributed by atoms with Gasteiger partial charge in [0.25, 0.3) is 0 Å². The molecule has 0 N–H and O–H groups in total. The van der Waals surface area contributed by atoms with Crippen LogP contribution in [0, 0.1) is 5.92 Å². The molecule has 0 unspecified atom stereocenters. The highest BCUT2D eigenvalue weighted by Gasteiger charge is 2.31. The standard InChI is InChI=1S/C23H32N2O4/c1-3-16-29-20-10-8-18(17-21(20)28-4-2)9-11-22(26)24-12-14-25(15-13-24)23(27)19-6-5-7-19/h8-11,17,19H,3-7,12-16H2,1-2H3/b11-9+. The summed E-state index contributed by atoms with van der Waals surface area (Å²) in [6, 6.07) is 5.70. The van der Waals surface area contributed by atoms with E-state index in [1.54, 1.807) is 12.2 Å². The Balaban J connectivity index is 1.54. The molecule has 1 aliphatic heterocycles. The van der Waals surface area contributed by atoms with Crippen molar-refractivity contribution in [1.29, 1.82) is 0 Å². The summed E-state index contributed by atoms with van der Waals surface area (Å²) in [7, 11) is 0. The van der Waals surface area contributed by atoms with Crippen molar-refractivity contribution < 1.29 is 19.1 Å². The third-order valence-corrected chi connectivity index (χ3v) is 5.51. The SMILES string of the molecule is CCCOc1ccc(/C=C/C(=O)N2CCN(C(=O)C3CCC3)CC2)cc1OCC. The van der Waals surface area contributed by atoms with Crippen molar-refractivity contribution in [3.05, 3.63) is 29.8 Å². The van der Waals surface area contributed by atoms with Gasteiger partial charge in [-0.2, -0.15) is 0 Å². The monoisotopic (exact) mass is 400 g/mol. The molecule has 2 aliphatic rings. The number of rotatable bonds is 8. The summed E-state index contributed by atoms with van der Waals surface area (Å²) in [6.07, 6.45) is 7.54. The van der Waals surface area contributed by atoms with Gasteiger partial charge in [0.1, 0.15) is 0 Å². The number of hydrogen-bond acceptors (Lipinski definition) is 4. The molecular formula is C23H32N2O4. The van der Waals surface area contributed by atoms with Gasteiger partial charge in [0.05, 0.1) is 13.2 Å². The molecule has 6 heteroatoms. The Kier molecular flexibility index (Phi) is 7.55. The summed E-state index contributed by atoms with van der Waals surface area (Å²) >= 11 is 0. The maximum Gasteiger partial charge on any atom is 0.246 e. The van der Waals surface area contributed by atoms with Gasteiger partial charge in [-0.05, 0) is 50.0 Å². The Bertz CT molecular complexity index is 734. The van der Waals surface area contributed by atoms with Gasteiger partial charge in [0, 0.05) is 38.2 Å². The molecule has 0 radical (unpaired) electrons. The molecular weight excluding hydrogens is 368 g/mol. The molecule has 0 spiro atoms. The Morgan fingerprint density at radius 3 is 2.38 bits per heavy atom. The van der Waals surface area contributed by atoms with E-state index in [2.05, 4.69) is 6.92 Å². The van der Waals surface area contributed by atoms with Crippen LogP contribution in [0.3, 0.4) is 0 Å². The van der Waals surface area contributed by atoms with E-state index >= 15 is 0 Å². The van der Waals surface area contributed by atoms with Gasteiger partial charge < -0.3 is 19.3 Å². The molecule has 0 bridgehead atoms. The van der Waals surface area contributed by atoms with Crippen LogP contribution in [0.15, 0.2) is 24.3 Å². The number of amides is 2. The van der Waals surface area contributed by atoms with Crippen molar-refractivity contribution in [3.8, 4) is 11.5 Å². The highest BCUT2D eigenvalue weighted by atomic mass is 16.5. The first kappa shape index (κ1) is 21.2. The van der Waals surface area contributed by atoms with Crippen LogP contribution in [-0.4, -0.2) is 61.0 Å². The zero-order chi connectivity index (χ0) is 20.6. The van der Waals surface area contributed by atoms with E-state index in [-0.39, 0.29) is 17.7 Å². The summed E-state index contributed by atoms with van der Waals surface area (Å²) in [5, 5.41) is 0. The average molecular weight is 401 g/mol. The van der Waals surface area contributed by atoms with Gasteiger partial charge in [0.15, 0.2) is 11.5 Å². The van der Waals surface area contributed by atoms with Crippen LogP contribution >= 0.6 is 0 Å². The van der Waals surface area contributed by atoms with Crippen molar-refractivity contribution >= 4 is 17.9 Å². The fourth-order valence-electron chi connectivity index (χ4n) is 3.56. The third kappa shape index (κ3) is 5.52. The predicted octanol–water partition coefficient (Wildman–Crippen LogP) is 3.36. The van der Waals surface area contributed by atoms with E-state index in [0.29, 0.717) is 45.1 Å². The van der Waals surface area contributed by atoms with E-state index in [0.717, 1.165) is 37.0 Å². The van der Waals surface area contributed by atoms with Gasteiger partial charge in [-0.25, -0.2) is 0 Å². The van der Waals surface area contributed by atoms with Crippen LogP contribution in [0.5, 0.6) is 11.5 Å². The molecule has 2 fully saturated rings. The molecule has 2 amide bonds. The summed E-state index contributed by atoms with van der Waals surface area (Å²) in [6.45, 7) is 7.64. The third-order valence-electron chi connectivity index (χ3n) is 5.51. The maximum absolute atomic E-state index is 12.5. The van der Waals surface area contributed by atoms with Crippen molar-refractivity contribution in [2.45, 2.75) is 39.5 Å². The first-order chi connectivity index (χ1) is 14.1. The summed E-state index contributed by atoms with van der Waals surface area (Å²) in [4.78, 5) is 28.6. The van der Waals surface area contributed by atoms with Gasteiger partial charge in [-0.1, -0.05) is 19.4 Å². The van der Waals surface area contributed by atoms with Crippen LogP contribution in [0.4, 0.5) is 0 Å². The zero-order valence-electron chi connectivity index (χ0n) is 17.6. The summed E-state index contributed by atoms with van der Waals surface area (Å²) in [5.74, 6) is 1.89. The van der Waals surface area contributed by atoms with Gasteiger partial charge >= 0.3 is 0 Å². The Morgan fingerprint density at radius 2 is 1.76 bits per heavy atom. The molecule has 1 saturated heterocycles. The summed E-state index contributed by atoms with van der Waals surface area (Å²) < 4.78 is 11.4. The number of carbonyl (C=O) groups excluding carboxylic acids is 2. The van der Waals surface area contributed by atoms with Crippen molar-refractivity contribution in [3.63, 3.8) is 0 Å². The van der Waals surface area contributed by atoms with E-state index in [4.69, 9.17) is 9.47 Å². The summed E-state index contributed by atoms with van der Waals surface area (Å²) in [5.41, 5.74) is 0.893. The largest absolute Gasteiger partial charge is 0.490 e. The lowest BCUT2D eigenvalue weighted by atomic mass is 9.84. The Labute approximate surface area is 173 Å². The lowest BCUT2D eigenvalue weighted by Crippen LogP contribution is -2.52. The second-order valence-corrected chi connectivity index (χ2v) is 7.60. The van der Waals surface area contributed by atoms with E-state index in [1.807, 2.05) is 34.9 Å². The minimum atomic E-state index is -0.0231. The minimum Gasteiger partial charge on any atom is -0.490 e. The maximum atomic E-state index is 12.5. The number of hydrogen-bond donors (Lipinski definition) is 0. The molecule has 1 aliphatic carbocycles. The van der Waals surface area contributed by atoms with Crippen molar-refractivity contribution in [1.82, 2.24) is 9.80 Å². The highest BCUT2D eigenvalue weighted by Crippen LogP contribution is 2.30. The van der Waals surface area contributed by atoms with Gasteiger partial charge in [0.2, 0.25) is 11.8 Å². The first-order valence-corrected chi connectivity index (χ1v) is 10.8. The second kappa shape index (κ2) is 10.3. The number of nitrogens with zero attached hydrogens (tertiary/aromatic N) is 2. The smallest absolute Gasteiger partial charge is 0.246 e. The zero-order valence-corrected chi connectivity index (χ0v) is 17.6. The fourth-order valence-corrected chi connectivity index (χ4v) is 3.56. The number of carbonyl (C=O) groups is 2. The Morgan fingerprint density at radius 1 is 1.03 bits per heavy atom. The molecule has 3 rings (SSSR count). The average Bonchev–Trinajstić information content (AvgIpc) is 2.70.